The molecule has 0 atom stereocenters. The van der Waals surface area contributed by atoms with Crippen LogP contribution in [0.15, 0.2) is 72.8 Å². The Bertz CT molecular complexity index is 835. The standard InChI is InChI=1S/C22H21NO2/c1-16-7-6-8-17(2)21(16)23-22(24)19-11-13-20(14-12-19)25-15-18-9-4-3-5-10-18/h3-14H,15H2,1-2H3,(H,23,24). The highest BCUT2D eigenvalue weighted by atomic mass is 16.5. The first-order valence-corrected chi connectivity index (χ1v) is 8.28. The smallest absolute Gasteiger partial charge is 0.255 e. The maximum absolute atomic E-state index is 12.5. The molecule has 0 unspecified atom stereocenters. The second-order valence-corrected chi connectivity index (χ2v) is 6.02. The molecular weight excluding hydrogens is 310 g/mol. The van der Waals surface area contributed by atoms with Gasteiger partial charge in [0.25, 0.3) is 5.91 Å². The Hall–Kier alpha value is -3.07. The summed E-state index contributed by atoms with van der Waals surface area (Å²) in [6, 6.07) is 23.2. The van der Waals surface area contributed by atoms with Gasteiger partial charge in [-0.2, -0.15) is 0 Å². The van der Waals surface area contributed by atoms with Crippen molar-refractivity contribution in [1.29, 1.82) is 0 Å². The summed E-state index contributed by atoms with van der Waals surface area (Å²) < 4.78 is 5.75. The number of rotatable bonds is 5. The number of para-hydroxylation sites is 1. The van der Waals surface area contributed by atoms with E-state index in [2.05, 4.69) is 5.32 Å². The molecule has 1 amide bonds. The van der Waals surface area contributed by atoms with Gasteiger partial charge in [0.2, 0.25) is 0 Å². The van der Waals surface area contributed by atoms with Gasteiger partial charge in [0.15, 0.2) is 0 Å². The zero-order chi connectivity index (χ0) is 17.6. The zero-order valence-corrected chi connectivity index (χ0v) is 14.5. The lowest BCUT2D eigenvalue weighted by Gasteiger charge is -2.12. The first-order chi connectivity index (χ1) is 12.1. The Labute approximate surface area is 148 Å². The van der Waals surface area contributed by atoms with E-state index < -0.39 is 0 Å². The van der Waals surface area contributed by atoms with Crippen LogP contribution in [0.3, 0.4) is 0 Å². The number of nitrogens with one attached hydrogen (secondary N) is 1. The van der Waals surface area contributed by atoms with Gasteiger partial charge in [0, 0.05) is 11.3 Å². The zero-order valence-electron chi connectivity index (χ0n) is 14.5. The van der Waals surface area contributed by atoms with Crippen molar-refractivity contribution in [3.63, 3.8) is 0 Å². The lowest BCUT2D eigenvalue weighted by molar-refractivity contribution is 0.102. The molecule has 126 valence electrons. The second kappa shape index (κ2) is 7.67. The largest absolute Gasteiger partial charge is 0.489 e. The highest BCUT2D eigenvalue weighted by Crippen LogP contribution is 2.21. The SMILES string of the molecule is Cc1cccc(C)c1NC(=O)c1ccc(OCc2ccccc2)cc1. The van der Waals surface area contributed by atoms with Crippen LogP contribution < -0.4 is 10.1 Å². The summed E-state index contributed by atoms with van der Waals surface area (Å²) >= 11 is 0. The minimum absolute atomic E-state index is 0.119. The summed E-state index contributed by atoms with van der Waals surface area (Å²) in [6.45, 7) is 4.49. The lowest BCUT2D eigenvalue weighted by atomic mass is 10.1. The number of hydrogen-bond donors (Lipinski definition) is 1. The molecule has 0 saturated heterocycles. The number of aryl methyl sites for hydroxylation is 2. The quantitative estimate of drug-likeness (QED) is 0.703. The van der Waals surface area contributed by atoms with Crippen LogP contribution in [-0.4, -0.2) is 5.91 Å². The molecule has 0 radical (unpaired) electrons. The average molecular weight is 331 g/mol. The van der Waals surface area contributed by atoms with E-state index in [0.29, 0.717) is 12.2 Å². The number of anilines is 1. The second-order valence-electron chi connectivity index (χ2n) is 6.02. The molecule has 0 heterocycles. The van der Waals surface area contributed by atoms with Crippen LogP contribution in [0.4, 0.5) is 5.69 Å². The number of ether oxygens (including phenoxy) is 1. The molecule has 0 saturated carbocycles. The number of benzene rings is 3. The highest BCUT2D eigenvalue weighted by molar-refractivity contribution is 6.05. The van der Waals surface area contributed by atoms with Crippen LogP contribution in [0.2, 0.25) is 0 Å². The van der Waals surface area contributed by atoms with Crippen LogP contribution in [0.1, 0.15) is 27.0 Å². The lowest BCUT2D eigenvalue weighted by Crippen LogP contribution is -2.13. The van der Waals surface area contributed by atoms with E-state index in [9.17, 15) is 4.79 Å². The minimum atomic E-state index is -0.119. The number of hydrogen-bond acceptors (Lipinski definition) is 2. The fraction of sp³-hybridized carbons (Fsp3) is 0.136. The van der Waals surface area contributed by atoms with Gasteiger partial charge in [0.1, 0.15) is 12.4 Å². The van der Waals surface area contributed by atoms with Gasteiger partial charge in [-0.3, -0.25) is 4.79 Å². The van der Waals surface area contributed by atoms with E-state index in [4.69, 9.17) is 4.74 Å². The summed E-state index contributed by atoms with van der Waals surface area (Å²) in [4.78, 5) is 12.5. The Balaban J connectivity index is 1.64. The molecule has 0 aliphatic heterocycles. The average Bonchev–Trinajstić information content (AvgIpc) is 2.64. The van der Waals surface area contributed by atoms with Crippen molar-refractivity contribution < 1.29 is 9.53 Å². The van der Waals surface area contributed by atoms with Crippen molar-refractivity contribution in [2.24, 2.45) is 0 Å². The molecule has 3 nitrogen and oxygen atoms in total. The molecule has 3 aromatic carbocycles. The summed E-state index contributed by atoms with van der Waals surface area (Å²) in [5, 5.41) is 2.99. The summed E-state index contributed by atoms with van der Waals surface area (Å²) in [5.74, 6) is 0.625. The Kier molecular flexibility index (Phi) is 5.14. The predicted molar refractivity (Wildman–Crippen MR) is 101 cm³/mol. The number of carbonyl (C=O) groups is 1. The van der Waals surface area contributed by atoms with Gasteiger partial charge in [-0.25, -0.2) is 0 Å². The van der Waals surface area contributed by atoms with Gasteiger partial charge in [0.05, 0.1) is 0 Å². The third kappa shape index (κ3) is 4.27. The van der Waals surface area contributed by atoms with Gasteiger partial charge < -0.3 is 10.1 Å². The normalized spacial score (nSPS) is 10.3. The van der Waals surface area contributed by atoms with Crippen molar-refractivity contribution in [2.45, 2.75) is 20.5 Å². The maximum Gasteiger partial charge on any atom is 0.255 e. The maximum atomic E-state index is 12.5. The minimum Gasteiger partial charge on any atom is -0.489 e. The first kappa shape index (κ1) is 16.8. The molecule has 3 heteroatoms. The molecule has 3 rings (SSSR count). The number of amides is 1. The fourth-order valence-electron chi connectivity index (χ4n) is 2.64. The Morgan fingerprint density at radius 1 is 0.840 bits per heavy atom. The van der Waals surface area contributed by atoms with Crippen LogP contribution in [0.5, 0.6) is 5.75 Å². The van der Waals surface area contributed by atoms with Gasteiger partial charge >= 0.3 is 0 Å². The number of carbonyl (C=O) groups excluding carboxylic acids is 1. The summed E-state index contributed by atoms with van der Waals surface area (Å²) in [5.41, 5.74) is 4.69. The van der Waals surface area contributed by atoms with Crippen LogP contribution >= 0.6 is 0 Å². The molecule has 0 aliphatic carbocycles. The van der Waals surface area contributed by atoms with E-state index in [1.165, 1.54) is 0 Å². The molecule has 3 aromatic rings. The molecule has 0 bridgehead atoms. The van der Waals surface area contributed by atoms with E-state index in [0.717, 1.165) is 28.1 Å². The predicted octanol–water partition coefficient (Wildman–Crippen LogP) is 5.13. The van der Waals surface area contributed by atoms with E-state index in [1.807, 2.05) is 74.5 Å². The highest BCUT2D eigenvalue weighted by Gasteiger charge is 2.09. The molecule has 0 aromatic heterocycles. The third-order valence-corrected chi connectivity index (χ3v) is 4.08. The van der Waals surface area contributed by atoms with Gasteiger partial charge in [-0.1, -0.05) is 48.5 Å². The van der Waals surface area contributed by atoms with Crippen molar-refractivity contribution >= 4 is 11.6 Å². The van der Waals surface area contributed by atoms with Crippen molar-refractivity contribution in [1.82, 2.24) is 0 Å². The molecular formula is C22H21NO2. The Morgan fingerprint density at radius 2 is 1.48 bits per heavy atom. The topological polar surface area (TPSA) is 38.3 Å². The monoisotopic (exact) mass is 331 g/mol. The molecule has 0 aliphatic rings. The van der Waals surface area contributed by atoms with E-state index in [1.54, 1.807) is 12.1 Å². The molecule has 1 N–H and O–H groups in total. The Morgan fingerprint density at radius 3 is 2.12 bits per heavy atom. The van der Waals surface area contributed by atoms with Gasteiger partial charge in [-0.15, -0.1) is 0 Å². The fourth-order valence-corrected chi connectivity index (χ4v) is 2.64. The van der Waals surface area contributed by atoms with Crippen molar-refractivity contribution in [3.05, 3.63) is 95.1 Å². The van der Waals surface area contributed by atoms with E-state index >= 15 is 0 Å². The van der Waals surface area contributed by atoms with Crippen LogP contribution in [0.25, 0.3) is 0 Å². The summed E-state index contributed by atoms with van der Waals surface area (Å²) in [7, 11) is 0. The summed E-state index contributed by atoms with van der Waals surface area (Å²) in [6.07, 6.45) is 0. The molecule has 0 spiro atoms. The van der Waals surface area contributed by atoms with Crippen LogP contribution in [0, 0.1) is 13.8 Å². The van der Waals surface area contributed by atoms with Crippen LogP contribution in [-0.2, 0) is 6.61 Å². The van der Waals surface area contributed by atoms with E-state index in [-0.39, 0.29) is 5.91 Å². The first-order valence-electron chi connectivity index (χ1n) is 8.28. The molecule has 25 heavy (non-hydrogen) atoms. The molecule has 0 fully saturated rings. The van der Waals surface area contributed by atoms with Crippen molar-refractivity contribution in [2.75, 3.05) is 5.32 Å². The van der Waals surface area contributed by atoms with Gasteiger partial charge in [-0.05, 0) is 54.8 Å². The third-order valence-electron chi connectivity index (χ3n) is 4.08. The van der Waals surface area contributed by atoms with Crippen molar-refractivity contribution in [3.8, 4) is 5.75 Å².